The van der Waals surface area contributed by atoms with Crippen molar-refractivity contribution in [2.45, 2.75) is 77.7 Å². The molecule has 186 valence electrons. The maximum absolute atomic E-state index is 12.9. The third kappa shape index (κ3) is 6.22. The molecular formula is C29H42N2O3. The van der Waals surface area contributed by atoms with Gasteiger partial charge in [0.15, 0.2) is 0 Å². The minimum absolute atomic E-state index is 0.0255. The van der Waals surface area contributed by atoms with Crippen LogP contribution in [0.15, 0.2) is 36.4 Å². The summed E-state index contributed by atoms with van der Waals surface area (Å²) in [6.45, 7) is 6.55. The van der Waals surface area contributed by atoms with Gasteiger partial charge < -0.3 is 15.0 Å². The van der Waals surface area contributed by atoms with Crippen molar-refractivity contribution in [3.63, 3.8) is 0 Å². The molecule has 0 aromatic heterocycles. The monoisotopic (exact) mass is 466 g/mol. The van der Waals surface area contributed by atoms with Gasteiger partial charge in [-0.1, -0.05) is 44.9 Å². The topological polar surface area (TPSA) is 58.6 Å². The summed E-state index contributed by atoms with van der Waals surface area (Å²) < 4.78 is 6.22. The number of benzene rings is 1. The van der Waals surface area contributed by atoms with Crippen molar-refractivity contribution in [3.8, 4) is 5.75 Å². The van der Waals surface area contributed by atoms with Gasteiger partial charge >= 0.3 is 0 Å². The van der Waals surface area contributed by atoms with Gasteiger partial charge in [-0.25, -0.2) is 0 Å². The van der Waals surface area contributed by atoms with Gasteiger partial charge in [0.05, 0.1) is 0 Å². The van der Waals surface area contributed by atoms with Crippen LogP contribution in [0.3, 0.4) is 0 Å². The first-order valence-electron chi connectivity index (χ1n) is 13.6. The van der Waals surface area contributed by atoms with Crippen LogP contribution in [0.4, 0.5) is 0 Å². The van der Waals surface area contributed by atoms with E-state index in [2.05, 4.69) is 31.3 Å². The Balaban J connectivity index is 1.21. The van der Waals surface area contributed by atoms with Crippen LogP contribution in [0.1, 0.15) is 82.0 Å². The molecule has 1 saturated carbocycles. The van der Waals surface area contributed by atoms with E-state index >= 15 is 0 Å². The molecule has 2 fully saturated rings. The lowest BCUT2D eigenvalue weighted by Gasteiger charge is -2.34. The Morgan fingerprint density at radius 3 is 2.50 bits per heavy atom. The molecule has 1 aliphatic heterocycles. The Bertz CT molecular complexity index is 853. The maximum Gasteiger partial charge on any atom is 0.251 e. The Labute approximate surface area is 205 Å². The molecule has 2 bridgehead atoms. The van der Waals surface area contributed by atoms with Crippen LogP contribution < -0.4 is 10.1 Å². The number of rotatable bonds is 11. The largest absolute Gasteiger partial charge is 0.490 e. The standard InChI is InChI=1S/C29H42N2O3/c1-3-6-22(7-4-2)29(33)31-16-13-26(14-17-31)34-27-9-5-8-25(20-27)28(32)30-15-12-24-19-21-10-11-23(24)18-21/h5,8-11,20-24,26H,3-4,6-7,12-19H2,1-2H3,(H,30,32). The van der Waals surface area contributed by atoms with Crippen LogP contribution in [-0.2, 0) is 4.79 Å². The number of amides is 2. The predicted molar refractivity (Wildman–Crippen MR) is 136 cm³/mol. The van der Waals surface area contributed by atoms with E-state index in [9.17, 15) is 9.59 Å². The first kappa shape index (κ1) is 24.8. The number of ether oxygens (including phenoxy) is 1. The lowest BCUT2D eigenvalue weighted by molar-refractivity contribution is -0.137. The average molecular weight is 467 g/mol. The first-order chi connectivity index (χ1) is 16.6. The predicted octanol–water partition coefficient (Wildman–Crippen LogP) is 5.60. The molecule has 4 rings (SSSR count). The molecule has 3 atom stereocenters. The highest BCUT2D eigenvalue weighted by atomic mass is 16.5. The summed E-state index contributed by atoms with van der Waals surface area (Å²) in [5.41, 5.74) is 0.653. The van der Waals surface area contributed by atoms with E-state index in [0.717, 1.165) is 88.1 Å². The van der Waals surface area contributed by atoms with E-state index < -0.39 is 0 Å². The van der Waals surface area contributed by atoms with Crippen molar-refractivity contribution in [3.05, 3.63) is 42.0 Å². The molecule has 0 radical (unpaired) electrons. The third-order valence-corrected chi connectivity index (χ3v) is 7.99. The van der Waals surface area contributed by atoms with Crippen molar-refractivity contribution in [1.82, 2.24) is 10.2 Å². The Morgan fingerprint density at radius 1 is 1.09 bits per heavy atom. The molecule has 2 aliphatic carbocycles. The zero-order valence-electron chi connectivity index (χ0n) is 21.0. The number of fused-ring (bicyclic) bond motifs is 2. The number of allylic oxidation sites excluding steroid dienone is 2. The summed E-state index contributed by atoms with van der Waals surface area (Å²) >= 11 is 0. The molecule has 34 heavy (non-hydrogen) atoms. The SMILES string of the molecule is CCCC(CCC)C(=O)N1CCC(Oc2cccc(C(=O)NCCC3CC4C=CC3C4)c2)CC1. The van der Waals surface area contributed by atoms with Crippen LogP contribution in [0, 0.1) is 23.7 Å². The van der Waals surface area contributed by atoms with Crippen LogP contribution in [0.5, 0.6) is 5.75 Å². The van der Waals surface area contributed by atoms with Crippen molar-refractivity contribution in [1.29, 1.82) is 0 Å². The van der Waals surface area contributed by atoms with Crippen LogP contribution in [-0.4, -0.2) is 42.5 Å². The summed E-state index contributed by atoms with van der Waals surface area (Å²) in [5, 5.41) is 3.10. The smallest absolute Gasteiger partial charge is 0.251 e. The van der Waals surface area contributed by atoms with Gasteiger partial charge in [-0.3, -0.25) is 9.59 Å². The molecule has 3 aliphatic rings. The summed E-state index contributed by atoms with van der Waals surface area (Å²) in [4.78, 5) is 27.6. The molecule has 5 nitrogen and oxygen atoms in total. The number of nitrogens with one attached hydrogen (secondary N) is 1. The summed E-state index contributed by atoms with van der Waals surface area (Å²) in [6.07, 6.45) is 14.2. The minimum atomic E-state index is -0.0255. The number of likely N-dealkylation sites (tertiary alicyclic amines) is 1. The fourth-order valence-corrected chi connectivity index (χ4v) is 6.14. The number of carbonyl (C=O) groups excluding carboxylic acids is 2. The normalized spacial score (nSPS) is 24.1. The van der Waals surface area contributed by atoms with E-state index in [0.29, 0.717) is 11.5 Å². The summed E-state index contributed by atoms with van der Waals surface area (Å²) in [5.74, 6) is 3.43. The second-order valence-corrected chi connectivity index (χ2v) is 10.5. The highest BCUT2D eigenvalue weighted by Gasteiger charge is 2.35. The molecule has 1 aromatic rings. The molecule has 1 N–H and O–H groups in total. The van der Waals surface area contributed by atoms with Gasteiger partial charge in [0.25, 0.3) is 5.91 Å². The van der Waals surface area contributed by atoms with Crippen molar-refractivity contribution in [2.75, 3.05) is 19.6 Å². The Hall–Kier alpha value is -2.30. The maximum atomic E-state index is 12.9. The molecule has 1 aromatic carbocycles. The quantitative estimate of drug-likeness (QED) is 0.432. The Morgan fingerprint density at radius 2 is 1.85 bits per heavy atom. The van der Waals surface area contributed by atoms with E-state index in [-0.39, 0.29) is 17.9 Å². The van der Waals surface area contributed by atoms with E-state index in [1.807, 2.05) is 29.2 Å². The zero-order chi connectivity index (χ0) is 23.9. The number of hydrogen-bond acceptors (Lipinski definition) is 3. The second-order valence-electron chi connectivity index (χ2n) is 10.5. The van der Waals surface area contributed by atoms with Crippen molar-refractivity contribution < 1.29 is 14.3 Å². The van der Waals surface area contributed by atoms with Gasteiger partial charge in [0.1, 0.15) is 11.9 Å². The van der Waals surface area contributed by atoms with E-state index in [1.54, 1.807) is 0 Å². The third-order valence-electron chi connectivity index (χ3n) is 7.99. The molecule has 0 spiro atoms. The van der Waals surface area contributed by atoms with Crippen molar-refractivity contribution in [2.24, 2.45) is 23.7 Å². The van der Waals surface area contributed by atoms with Gasteiger partial charge in [0.2, 0.25) is 5.91 Å². The zero-order valence-corrected chi connectivity index (χ0v) is 21.0. The van der Waals surface area contributed by atoms with Crippen LogP contribution >= 0.6 is 0 Å². The summed E-state index contributed by atoms with van der Waals surface area (Å²) in [7, 11) is 0. The highest BCUT2D eigenvalue weighted by molar-refractivity contribution is 5.94. The second kappa shape index (κ2) is 11.9. The number of hydrogen-bond donors (Lipinski definition) is 1. The van der Waals surface area contributed by atoms with Gasteiger partial charge in [0, 0.05) is 44.0 Å². The first-order valence-corrected chi connectivity index (χ1v) is 13.6. The summed E-state index contributed by atoms with van der Waals surface area (Å²) in [6, 6.07) is 7.52. The van der Waals surface area contributed by atoms with Gasteiger partial charge in [-0.15, -0.1) is 0 Å². The van der Waals surface area contributed by atoms with Crippen molar-refractivity contribution >= 4 is 11.8 Å². The Kier molecular flexibility index (Phi) is 8.69. The van der Waals surface area contributed by atoms with E-state index in [1.165, 1.54) is 12.8 Å². The van der Waals surface area contributed by atoms with Gasteiger partial charge in [-0.05, 0) is 68.1 Å². The number of piperidine rings is 1. The highest BCUT2D eigenvalue weighted by Crippen LogP contribution is 2.44. The molecule has 5 heteroatoms. The lowest BCUT2D eigenvalue weighted by atomic mass is 9.90. The molecule has 2 amide bonds. The van der Waals surface area contributed by atoms with Gasteiger partial charge in [-0.2, -0.15) is 0 Å². The lowest BCUT2D eigenvalue weighted by Crippen LogP contribution is -2.44. The fourth-order valence-electron chi connectivity index (χ4n) is 6.14. The van der Waals surface area contributed by atoms with E-state index in [4.69, 9.17) is 4.74 Å². The molecule has 3 unspecified atom stereocenters. The fraction of sp³-hybridized carbons (Fsp3) is 0.655. The molecule has 1 heterocycles. The number of nitrogens with zero attached hydrogens (tertiary/aromatic N) is 1. The molecular weight excluding hydrogens is 424 g/mol. The minimum Gasteiger partial charge on any atom is -0.490 e. The van der Waals surface area contributed by atoms with Crippen LogP contribution in [0.25, 0.3) is 0 Å². The number of carbonyl (C=O) groups is 2. The molecule has 1 saturated heterocycles. The van der Waals surface area contributed by atoms with Crippen LogP contribution in [0.2, 0.25) is 0 Å². The average Bonchev–Trinajstić information content (AvgIpc) is 3.48.